The van der Waals surface area contributed by atoms with Crippen molar-refractivity contribution in [3.05, 3.63) is 102 Å². The van der Waals surface area contributed by atoms with Gasteiger partial charge in [0.05, 0.1) is 41.4 Å². The van der Waals surface area contributed by atoms with Gasteiger partial charge in [0, 0.05) is 16.5 Å². The van der Waals surface area contributed by atoms with Crippen LogP contribution in [0.4, 0.5) is 5.69 Å². The Kier molecular flexibility index (Phi) is 6.01. The summed E-state index contributed by atoms with van der Waals surface area (Å²) >= 11 is 0. The highest BCUT2D eigenvalue weighted by molar-refractivity contribution is 6.22. The fourth-order valence-corrected chi connectivity index (χ4v) is 7.55. The first-order valence-corrected chi connectivity index (χ1v) is 14.8. The summed E-state index contributed by atoms with van der Waals surface area (Å²) in [4.78, 5) is 59.1. The van der Waals surface area contributed by atoms with Gasteiger partial charge in [-0.2, -0.15) is 0 Å². The summed E-state index contributed by atoms with van der Waals surface area (Å²) in [5, 5.41) is 0.604. The predicted octanol–water partition coefficient (Wildman–Crippen LogP) is 5.51. The molecule has 1 aliphatic heterocycles. The second-order valence-electron chi connectivity index (χ2n) is 12.0. The van der Waals surface area contributed by atoms with Gasteiger partial charge >= 0.3 is 5.97 Å². The third kappa shape index (κ3) is 4.08. The molecule has 1 saturated heterocycles. The number of esters is 1. The normalized spacial score (nSPS) is 26.0. The lowest BCUT2D eigenvalue weighted by Crippen LogP contribution is -2.40. The van der Waals surface area contributed by atoms with Crippen molar-refractivity contribution in [1.29, 1.82) is 0 Å². The zero-order valence-corrected chi connectivity index (χ0v) is 23.9. The number of carbonyl (C=O) groups excluding carboxylic acids is 4. The van der Waals surface area contributed by atoms with Crippen molar-refractivity contribution in [2.75, 3.05) is 18.6 Å². The van der Waals surface area contributed by atoms with Gasteiger partial charge in [0.15, 0.2) is 12.4 Å². The molecule has 4 aromatic rings. The SMILES string of the molecule is COc1ccc(C(=O)COC(=O)c2cc(-c3ccc(N4C(=O)C5C6C=CC(C7CC67)C5C4=O)cc3)nc3ccccc23)cc1. The maximum atomic E-state index is 13.5. The van der Waals surface area contributed by atoms with Crippen molar-refractivity contribution in [2.24, 2.45) is 35.5 Å². The van der Waals surface area contributed by atoms with Crippen LogP contribution in [-0.4, -0.2) is 42.3 Å². The van der Waals surface area contributed by atoms with Gasteiger partial charge in [-0.15, -0.1) is 0 Å². The number of imide groups is 1. The van der Waals surface area contributed by atoms with Gasteiger partial charge in [-0.05, 0) is 78.6 Å². The third-order valence-electron chi connectivity index (χ3n) is 9.77. The van der Waals surface area contributed by atoms with Crippen LogP contribution < -0.4 is 9.64 Å². The van der Waals surface area contributed by atoms with E-state index in [4.69, 9.17) is 14.5 Å². The Morgan fingerprint density at radius 3 is 2.18 bits per heavy atom. The fourth-order valence-electron chi connectivity index (χ4n) is 7.55. The molecule has 3 aromatic carbocycles. The average molecular weight is 585 g/mol. The minimum absolute atomic E-state index is 0.101. The number of ketones is 1. The number of hydrogen-bond donors (Lipinski definition) is 0. The Morgan fingerprint density at radius 1 is 0.864 bits per heavy atom. The quantitative estimate of drug-likeness (QED) is 0.122. The molecule has 0 spiro atoms. The standard InChI is InChI=1S/C36H28N2O6/c1-43-22-12-8-20(9-13-22)31(39)18-44-36(42)28-17-30(37-29-5-3-2-4-23(28)29)19-6-10-21(11-7-19)38-34(40)32-24-14-15-25(27-16-26(24)27)33(32)35(38)41/h2-15,17,24-27,32-33H,16,18H2,1H3. The van der Waals surface area contributed by atoms with Crippen molar-refractivity contribution in [1.82, 2.24) is 4.98 Å². The molecule has 2 bridgehead atoms. The molecule has 6 atom stereocenters. The Morgan fingerprint density at radius 2 is 1.52 bits per heavy atom. The Hall–Kier alpha value is -5.11. The summed E-state index contributed by atoms with van der Waals surface area (Å²) in [5.74, 6) is 0.371. The van der Waals surface area contributed by atoms with Crippen LogP contribution in [0.1, 0.15) is 27.1 Å². The monoisotopic (exact) mass is 584 g/mol. The van der Waals surface area contributed by atoms with Crippen molar-refractivity contribution < 1.29 is 28.7 Å². The van der Waals surface area contributed by atoms with Gasteiger partial charge in [-0.1, -0.05) is 42.5 Å². The number of anilines is 1. The Balaban J connectivity index is 1.04. The molecule has 0 radical (unpaired) electrons. The fraction of sp³-hybridized carbons (Fsp3) is 0.250. The third-order valence-corrected chi connectivity index (χ3v) is 9.77. The van der Waals surface area contributed by atoms with E-state index in [1.807, 2.05) is 30.3 Å². The number of aromatic nitrogens is 1. The smallest absolute Gasteiger partial charge is 0.339 e. The number of amides is 2. The second-order valence-corrected chi connectivity index (χ2v) is 12.0. The van der Waals surface area contributed by atoms with E-state index >= 15 is 0 Å². The van der Waals surface area contributed by atoms with E-state index in [1.54, 1.807) is 55.6 Å². The van der Waals surface area contributed by atoms with E-state index < -0.39 is 12.6 Å². The minimum Gasteiger partial charge on any atom is -0.497 e. The van der Waals surface area contributed by atoms with Crippen molar-refractivity contribution in [3.63, 3.8) is 0 Å². The Bertz CT molecular complexity index is 1860. The zero-order valence-electron chi connectivity index (χ0n) is 23.9. The predicted molar refractivity (Wildman–Crippen MR) is 162 cm³/mol. The van der Waals surface area contributed by atoms with Crippen LogP contribution in [0, 0.1) is 35.5 Å². The molecule has 218 valence electrons. The largest absolute Gasteiger partial charge is 0.497 e. The van der Waals surface area contributed by atoms with Gasteiger partial charge in [0.2, 0.25) is 11.8 Å². The summed E-state index contributed by atoms with van der Waals surface area (Å²) < 4.78 is 10.6. The molecule has 5 aliphatic rings. The maximum absolute atomic E-state index is 13.5. The lowest BCUT2D eigenvalue weighted by atomic mass is 9.63. The van der Waals surface area contributed by atoms with Crippen molar-refractivity contribution >= 4 is 40.2 Å². The number of fused-ring (bicyclic) bond motifs is 1. The molecule has 2 saturated carbocycles. The maximum Gasteiger partial charge on any atom is 0.339 e. The van der Waals surface area contributed by atoms with Crippen LogP contribution in [0.15, 0.2) is 91.0 Å². The molecule has 1 aromatic heterocycles. The van der Waals surface area contributed by atoms with Crippen LogP contribution in [0.25, 0.3) is 22.2 Å². The molecule has 9 rings (SSSR count). The van der Waals surface area contributed by atoms with E-state index in [0.717, 1.165) is 6.42 Å². The van der Waals surface area contributed by atoms with Gasteiger partial charge in [-0.3, -0.25) is 19.3 Å². The highest BCUT2D eigenvalue weighted by Gasteiger charge is 2.67. The van der Waals surface area contributed by atoms with E-state index in [-0.39, 0.29) is 46.8 Å². The van der Waals surface area contributed by atoms with Crippen LogP contribution >= 0.6 is 0 Å². The number of methoxy groups -OCH3 is 1. The molecule has 2 amide bonds. The van der Waals surface area contributed by atoms with E-state index in [9.17, 15) is 19.2 Å². The first-order valence-electron chi connectivity index (χ1n) is 14.8. The van der Waals surface area contributed by atoms with Gasteiger partial charge in [0.1, 0.15) is 5.75 Å². The number of pyridine rings is 1. The summed E-state index contributed by atoms with van der Waals surface area (Å²) in [6, 6.07) is 22.6. The summed E-state index contributed by atoms with van der Waals surface area (Å²) in [6.45, 7) is -0.412. The molecule has 8 nitrogen and oxygen atoms in total. The number of para-hydroxylation sites is 1. The number of hydrogen-bond acceptors (Lipinski definition) is 7. The summed E-state index contributed by atoms with van der Waals surface area (Å²) in [5.41, 5.74) is 3.07. The Labute approximate surface area is 253 Å². The first-order chi connectivity index (χ1) is 21.4. The summed E-state index contributed by atoms with van der Waals surface area (Å²) in [6.07, 6.45) is 5.46. The second kappa shape index (κ2) is 9.98. The molecule has 6 unspecified atom stereocenters. The highest BCUT2D eigenvalue weighted by atomic mass is 16.5. The average Bonchev–Trinajstić information content (AvgIpc) is 3.85. The van der Waals surface area contributed by atoms with Crippen LogP contribution in [0.2, 0.25) is 0 Å². The summed E-state index contributed by atoms with van der Waals surface area (Å²) in [7, 11) is 1.54. The van der Waals surface area contributed by atoms with Crippen LogP contribution in [-0.2, 0) is 14.3 Å². The van der Waals surface area contributed by atoms with Gasteiger partial charge < -0.3 is 9.47 Å². The molecule has 2 heterocycles. The molecule has 8 heteroatoms. The number of ether oxygens (including phenoxy) is 2. The van der Waals surface area contributed by atoms with E-state index in [2.05, 4.69) is 12.2 Å². The lowest BCUT2D eigenvalue weighted by molar-refractivity contribution is -0.124. The molecule has 0 N–H and O–H groups in total. The first kappa shape index (κ1) is 26.5. The van der Waals surface area contributed by atoms with E-state index in [0.29, 0.717) is 51.0 Å². The number of allylic oxidation sites excluding steroid dienone is 2. The van der Waals surface area contributed by atoms with Gasteiger partial charge in [-0.25, -0.2) is 9.78 Å². The molecular formula is C36H28N2O6. The number of nitrogens with zero attached hydrogens (tertiary/aromatic N) is 2. The van der Waals surface area contributed by atoms with Crippen molar-refractivity contribution in [3.8, 4) is 17.0 Å². The zero-order chi connectivity index (χ0) is 30.1. The topological polar surface area (TPSA) is 103 Å². The molecule has 3 fully saturated rings. The number of carbonyl (C=O) groups is 4. The van der Waals surface area contributed by atoms with Gasteiger partial charge in [0.25, 0.3) is 0 Å². The number of rotatable bonds is 7. The molecular weight excluding hydrogens is 556 g/mol. The highest BCUT2D eigenvalue weighted by Crippen LogP contribution is 2.65. The van der Waals surface area contributed by atoms with Crippen molar-refractivity contribution in [2.45, 2.75) is 6.42 Å². The minimum atomic E-state index is -0.638. The van der Waals surface area contributed by atoms with Crippen LogP contribution in [0.5, 0.6) is 5.75 Å². The van der Waals surface area contributed by atoms with E-state index in [1.165, 1.54) is 4.90 Å². The lowest BCUT2D eigenvalue weighted by Gasteiger charge is -2.37. The van der Waals surface area contributed by atoms with Crippen LogP contribution in [0.3, 0.4) is 0 Å². The molecule has 44 heavy (non-hydrogen) atoms. The molecule has 4 aliphatic carbocycles. The number of benzene rings is 3. The number of Topliss-reactive ketones (excluding diaryl/α,β-unsaturated/α-hetero) is 1.